The van der Waals surface area contributed by atoms with Gasteiger partial charge in [-0.1, -0.05) is 46.3 Å². The minimum Gasteiger partial charge on any atom is -0.289 e. The molecule has 0 heterocycles. The van der Waals surface area contributed by atoms with E-state index in [4.69, 9.17) is 0 Å². The summed E-state index contributed by atoms with van der Waals surface area (Å²) in [6, 6.07) is 15.7. The number of hydrogen-bond acceptors (Lipinski definition) is 1. The highest BCUT2D eigenvalue weighted by Gasteiger charge is 2.17. The zero-order chi connectivity index (χ0) is 15.0. The van der Waals surface area contributed by atoms with Gasteiger partial charge < -0.3 is 0 Å². The van der Waals surface area contributed by atoms with Crippen LogP contribution in [0.3, 0.4) is 0 Å². The molecule has 0 aromatic heterocycles. The Balaban J connectivity index is 2.23. The monoisotopic (exact) mass is 406 g/mol. The van der Waals surface area contributed by atoms with Crippen molar-refractivity contribution < 1.29 is 9.18 Å². The highest BCUT2D eigenvalue weighted by molar-refractivity contribution is 9.11. The second kappa shape index (κ2) is 5.70. The van der Waals surface area contributed by atoms with Crippen LogP contribution >= 0.6 is 31.9 Å². The standard InChI is InChI=1S/C17H9Br2FO/c18-14-9-8-12(10-4-1-2-5-11(10)14)17(21)13-6-3-7-15(20)16(13)19/h1-9H. The first-order chi connectivity index (χ1) is 10.1. The van der Waals surface area contributed by atoms with Crippen molar-refractivity contribution in [2.75, 3.05) is 0 Å². The van der Waals surface area contributed by atoms with E-state index in [2.05, 4.69) is 31.9 Å². The highest BCUT2D eigenvalue weighted by Crippen LogP contribution is 2.30. The summed E-state index contributed by atoms with van der Waals surface area (Å²) in [6.07, 6.45) is 0. The van der Waals surface area contributed by atoms with Crippen molar-refractivity contribution in [3.8, 4) is 0 Å². The van der Waals surface area contributed by atoms with E-state index in [-0.39, 0.29) is 10.3 Å². The van der Waals surface area contributed by atoms with Crippen molar-refractivity contribution in [1.29, 1.82) is 0 Å². The molecule has 0 unspecified atom stereocenters. The predicted octanol–water partition coefficient (Wildman–Crippen LogP) is 5.73. The van der Waals surface area contributed by atoms with Crippen LogP contribution in [0.5, 0.6) is 0 Å². The number of rotatable bonds is 2. The maximum atomic E-state index is 13.6. The van der Waals surface area contributed by atoms with Gasteiger partial charge in [-0.3, -0.25) is 4.79 Å². The molecule has 3 aromatic rings. The normalized spacial score (nSPS) is 10.8. The molecular formula is C17H9Br2FO. The largest absolute Gasteiger partial charge is 0.289 e. The first-order valence-electron chi connectivity index (χ1n) is 6.25. The third kappa shape index (κ3) is 2.54. The van der Waals surface area contributed by atoms with Crippen molar-refractivity contribution in [3.63, 3.8) is 0 Å². The van der Waals surface area contributed by atoms with Gasteiger partial charge in [0.1, 0.15) is 5.82 Å². The lowest BCUT2D eigenvalue weighted by Gasteiger charge is -2.09. The minimum atomic E-state index is -0.442. The molecule has 0 saturated heterocycles. The van der Waals surface area contributed by atoms with E-state index >= 15 is 0 Å². The molecule has 0 aliphatic rings. The summed E-state index contributed by atoms with van der Waals surface area (Å²) in [6.45, 7) is 0. The van der Waals surface area contributed by atoms with Gasteiger partial charge in [-0.2, -0.15) is 0 Å². The van der Waals surface area contributed by atoms with Crippen LogP contribution < -0.4 is 0 Å². The van der Waals surface area contributed by atoms with Crippen LogP contribution in [0.15, 0.2) is 63.5 Å². The Labute approximate surface area is 138 Å². The van der Waals surface area contributed by atoms with Crippen molar-refractivity contribution in [1.82, 2.24) is 0 Å². The Morgan fingerprint density at radius 1 is 0.810 bits per heavy atom. The average molecular weight is 408 g/mol. The molecule has 0 aliphatic heterocycles. The van der Waals surface area contributed by atoms with Crippen molar-refractivity contribution in [2.24, 2.45) is 0 Å². The van der Waals surface area contributed by atoms with E-state index in [1.807, 2.05) is 30.3 Å². The van der Waals surface area contributed by atoms with Crippen molar-refractivity contribution in [3.05, 3.63) is 80.5 Å². The summed E-state index contributed by atoms with van der Waals surface area (Å²) in [7, 11) is 0. The second-order valence-corrected chi connectivity index (χ2v) is 6.22. The molecule has 3 rings (SSSR count). The SMILES string of the molecule is O=C(c1cccc(F)c1Br)c1ccc(Br)c2ccccc12. The van der Waals surface area contributed by atoms with Gasteiger partial charge in [0.05, 0.1) is 4.47 Å². The topological polar surface area (TPSA) is 17.1 Å². The van der Waals surface area contributed by atoms with E-state index in [1.54, 1.807) is 12.1 Å². The fraction of sp³-hybridized carbons (Fsp3) is 0. The summed E-state index contributed by atoms with van der Waals surface area (Å²) in [5.41, 5.74) is 0.877. The van der Waals surface area contributed by atoms with Crippen LogP contribution in [0.25, 0.3) is 10.8 Å². The summed E-state index contributed by atoms with van der Waals surface area (Å²) in [5, 5.41) is 1.80. The molecule has 4 heteroatoms. The van der Waals surface area contributed by atoms with Gasteiger partial charge in [-0.25, -0.2) is 4.39 Å². The van der Waals surface area contributed by atoms with E-state index in [1.165, 1.54) is 12.1 Å². The number of benzene rings is 3. The number of halogens is 3. The van der Waals surface area contributed by atoms with Gasteiger partial charge in [0.15, 0.2) is 5.78 Å². The molecule has 0 saturated carbocycles. The molecule has 0 aliphatic carbocycles. The second-order valence-electron chi connectivity index (χ2n) is 4.57. The van der Waals surface area contributed by atoms with E-state index in [0.717, 1.165) is 15.2 Å². The Morgan fingerprint density at radius 3 is 2.29 bits per heavy atom. The zero-order valence-corrected chi connectivity index (χ0v) is 13.9. The van der Waals surface area contributed by atoms with E-state index < -0.39 is 5.82 Å². The van der Waals surface area contributed by atoms with Crippen LogP contribution in [0.2, 0.25) is 0 Å². The zero-order valence-electron chi connectivity index (χ0n) is 10.7. The summed E-state index contributed by atoms with van der Waals surface area (Å²) < 4.78 is 14.7. The lowest BCUT2D eigenvalue weighted by atomic mass is 9.97. The Bertz CT molecular complexity index is 859. The fourth-order valence-electron chi connectivity index (χ4n) is 2.28. The van der Waals surface area contributed by atoms with Gasteiger partial charge >= 0.3 is 0 Å². The Kier molecular flexibility index (Phi) is 3.91. The summed E-state index contributed by atoms with van der Waals surface area (Å²) in [4.78, 5) is 12.7. The summed E-state index contributed by atoms with van der Waals surface area (Å²) in [5.74, 6) is -0.646. The molecule has 1 nitrogen and oxygen atoms in total. The van der Waals surface area contributed by atoms with Gasteiger partial charge in [0, 0.05) is 15.6 Å². The molecule has 0 fully saturated rings. The molecule has 0 radical (unpaired) electrons. The Morgan fingerprint density at radius 2 is 1.52 bits per heavy atom. The fourth-order valence-corrected chi connectivity index (χ4v) is 3.21. The molecule has 0 amide bonds. The number of carbonyl (C=O) groups is 1. The van der Waals surface area contributed by atoms with Gasteiger partial charge in [0.25, 0.3) is 0 Å². The van der Waals surface area contributed by atoms with E-state index in [0.29, 0.717) is 11.1 Å². The molecule has 104 valence electrons. The molecular weight excluding hydrogens is 399 g/mol. The maximum absolute atomic E-state index is 13.6. The van der Waals surface area contributed by atoms with Crippen LogP contribution in [0.4, 0.5) is 4.39 Å². The summed E-state index contributed by atoms with van der Waals surface area (Å²) >= 11 is 6.63. The van der Waals surface area contributed by atoms with Crippen LogP contribution in [-0.4, -0.2) is 5.78 Å². The van der Waals surface area contributed by atoms with Gasteiger partial charge in [0.2, 0.25) is 0 Å². The van der Waals surface area contributed by atoms with Crippen LogP contribution in [0.1, 0.15) is 15.9 Å². The van der Waals surface area contributed by atoms with Crippen LogP contribution in [-0.2, 0) is 0 Å². The molecule has 21 heavy (non-hydrogen) atoms. The van der Waals surface area contributed by atoms with E-state index in [9.17, 15) is 9.18 Å². The first-order valence-corrected chi connectivity index (χ1v) is 7.84. The van der Waals surface area contributed by atoms with Crippen LogP contribution in [0, 0.1) is 5.82 Å². The van der Waals surface area contributed by atoms with Crippen molar-refractivity contribution >= 4 is 48.4 Å². The molecule has 3 aromatic carbocycles. The first kappa shape index (κ1) is 14.4. The Hall–Kier alpha value is -1.52. The van der Waals surface area contributed by atoms with Gasteiger partial charge in [-0.05, 0) is 51.0 Å². The third-order valence-electron chi connectivity index (χ3n) is 3.31. The predicted molar refractivity (Wildman–Crippen MR) is 89.2 cm³/mol. The highest BCUT2D eigenvalue weighted by atomic mass is 79.9. The number of ketones is 1. The molecule has 0 spiro atoms. The lowest BCUT2D eigenvalue weighted by Crippen LogP contribution is -2.04. The molecule has 0 bridgehead atoms. The lowest BCUT2D eigenvalue weighted by molar-refractivity contribution is 0.103. The molecule has 0 N–H and O–H groups in total. The number of hydrogen-bond donors (Lipinski definition) is 0. The smallest absolute Gasteiger partial charge is 0.194 e. The quantitative estimate of drug-likeness (QED) is 0.495. The maximum Gasteiger partial charge on any atom is 0.194 e. The third-order valence-corrected chi connectivity index (χ3v) is 4.81. The van der Waals surface area contributed by atoms with Crippen molar-refractivity contribution in [2.45, 2.75) is 0 Å². The number of carbonyl (C=O) groups excluding carboxylic acids is 1. The van der Waals surface area contributed by atoms with Gasteiger partial charge in [-0.15, -0.1) is 0 Å². The average Bonchev–Trinajstić information content (AvgIpc) is 2.50. The molecule has 0 atom stereocenters. The number of fused-ring (bicyclic) bond motifs is 1. The minimum absolute atomic E-state index is 0.196.